The van der Waals surface area contributed by atoms with Gasteiger partial charge in [0.2, 0.25) is 0 Å². The van der Waals surface area contributed by atoms with Crippen LogP contribution in [0.3, 0.4) is 0 Å². The Labute approximate surface area is 112 Å². The highest BCUT2D eigenvalue weighted by atomic mass is 14.3. The van der Waals surface area contributed by atoms with Crippen LogP contribution >= 0.6 is 0 Å². The highest BCUT2D eigenvalue weighted by Gasteiger charge is 2.15. The molecule has 0 bridgehead atoms. The molecule has 0 aliphatic carbocycles. The summed E-state index contributed by atoms with van der Waals surface area (Å²) in [5, 5.41) is 11.9. The second-order valence-corrected chi connectivity index (χ2v) is 4.54. The molecule has 0 amide bonds. The van der Waals surface area contributed by atoms with Crippen LogP contribution in [0.1, 0.15) is 17.0 Å². The number of hydrogen-bond donors (Lipinski definition) is 0. The van der Waals surface area contributed by atoms with Gasteiger partial charge in [-0.25, -0.2) is 0 Å². The van der Waals surface area contributed by atoms with Crippen molar-refractivity contribution in [2.24, 2.45) is 0 Å². The lowest BCUT2D eigenvalue weighted by Gasteiger charge is -2.12. The molecule has 3 rings (SSSR count). The molecule has 1 unspecified atom stereocenters. The smallest absolute Gasteiger partial charge is 0.0968 e. The Kier molecular flexibility index (Phi) is 3.00. The summed E-state index contributed by atoms with van der Waals surface area (Å²) in [5.41, 5.74) is 2.12. The van der Waals surface area contributed by atoms with E-state index in [2.05, 4.69) is 24.3 Å². The fourth-order valence-corrected chi connectivity index (χ4v) is 2.47. The van der Waals surface area contributed by atoms with E-state index in [1.165, 1.54) is 5.39 Å². The molecule has 0 spiro atoms. The van der Waals surface area contributed by atoms with Crippen LogP contribution in [0.2, 0.25) is 0 Å². The first kappa shape index (κ1) is 11.5. The molecular weight excluding hydrogens is 230 g/mol. The highest BCUT2D eigenvalue weighted by molar-refractivity contribution is 5.87. The van der Waals surface area contributed by atoms with Crippen molar-refractivity contribution in [1.29, 1.82) is 5.26 Å². The standard InChI is InChI=1S/C18H13N/c19-13-18(15-7-2-1-3-8-15)17-12-6-10-14-9-4-5-11-16(14)17/h1-12,18H. The molecule has 0 fully saturated rings. The maximum atomic E-state index is 9.54. The minimum atomic E-state index is -0.215. The fraction of sp³-hybridized carbons (Fsp3) is 0.0556. The SMILES string of the molecule is N#CC(c1ccccc1)c1cccc2ccccc12. The molecular formula is C18H13N. The Morgan fingerprint density at radius 2 is 1.42 bits per heavy atom. The Hall–Kier alpha value is -2.59. The summed E-state index contributed by atoms with van der Waals surface area (Å²) >= 11 is 0. The van der Waals surface area contributed by atoms with Crippen molar-refractivity contribution in [3.8, 4) is 6.07 Å². The lowest BCUT2D eigenvalue weighted by molar-refractivity contribution is 1.05. The molecule has 0 saturated heterocycles. The molecule has 90 valence electrons. The summed E-state index contributed by atoms with van der Waals surface area (Å²) < 4.78 is 0. The van der Waals surface area contributed by atoms with Crippen molar-refractivity contribution in [3.05, 3.63) is 83.9 Å². The molecule has 19 heavy (non-hydrogen) atoms. The zero-order valence-corrected chi connectivity index (χ0v) is 10.5. The molecule has 3 aromatic carbocycles. The van der Waals surface area contributed by atoms with Crippen LogP contribution < -0.4 is 0 Å². The number of fused-ring (bicyclic) bond motifs is 1. The topological polar surface area (TPSA) is 23.8 Å². The summed E-state index contributed by atoms with van der Waals surface area (Å²) in [5.74, 6) is -0.215. The molecule has 0 heterocycles. The average Bonchev–Trinajstić information content (AvgIpc) is 2.49. The Morgan fingerprint density at radius 1 is 0.737 bits per heavy atom. The molecule has 3 aromatic rings. The summed E-state index contributed by atoms with van der Waals surface area (Å²) in [6.07, 6.45) is 0. The maximum Gasteiger partial charge on any atom is 0.0968 e. The zero-order valence-electron chi connectivity index (χ0n) is 10.5. The van der Waals surface area contributed by atoms with Crippen LogP contribution in [0.25, 0.3) is 10.8 Å². The Morgan fingerprint density at radius 3 is 2.21 bits per heavy atom. The van der Waals surface area contributed by atoms with Crippen LogP contribution in [-0.2, 0) is 0 Å². The number of nitrogens with zero attached hydrogens (tertiary/aromatic N) is 1. The predicted molar refractivity (Wildman–Crippen MR) is 77.8 cm³/mol. The molecule has 0 aliphatic rings. The van der Waals surface area contributed by atoms with Gasteiger partial charge in [0.15, 0.2) is 0 Å². The van der Waals surface area contributed by atoms with Gasteiger partial charge in [-0.05, 0) is 21.9 Å². The molecule has 1 heteroatoms. The van der Waals surface area contributed by atoms with Gasteiger partial charge < -0.3 is 0 Å². The second kappa shape index (κ2) is 4.96. The first-order valence-electron chi connectivity index (χ1n) is 6.32. The van der Waals surface area contributed by atoms with Crippen molar-refractivity contribution in [1.82, 2.24) is 0 Å². The summed E-state index contributed by atoms with van der Waals surface area (Å²) in [6.45, 7) is 0. The minimum absolute atomic E-state index is 0.215. The van der Waals surface area contributed by atoms with E-state index >= 15 is 0 Å². The van der Waals surface area contributed by atoms with Gasteiger partial charge in [0.05, 0.1) is 12.0 Å². The number of benzene rings is 3. The summed E-state index contributed by atoms with van der Waals surface area (Å²) in [6, 6.07) is 26.7. The predicted octanol–water partition coefficient (Wildman–Crippen LogP) is 4.50. The van der Waals surface area contributed by atoms with Gasteiger partial charge in [-0.2, -0.15) is 5.26 Å². The molecule has 0 saturated carbocycles. The number of hydrogen-bond acceptors (Lipinski definition) is 1. The van der Waals surface area contributed by atoms with E-state index in [9.17, 15) is 5.26 Å². The van der Waals surface area contributed by atoms with Crippen molar-refractivity contribution in [2.75, 3.05) is 0 Å². The van der Waals surface area contributed by atoms with Crippen molar-refractivity contribution in [2.45, 2.75) is 5.92 Å². The van der Waals surface area contributed by atoms with Crippen LogP contribution in [-0.4, -0.2) is 0 Å². The van der Waals surface area contributed by atoms with Gasteiger partial charge in [-0.15, -0.1) is 0 Å². The lowest BCUT2D eigenvalue weighted by Crippen LogP contribution is -1.98. The van der Waals surface area contributed by atoms with E-state index in [4.69, 9.17) is 0 Å². The van der Waals surface area contributed by atoms with E-state index in [1.807, 2.05) is 54.6 Å². The van der Waals surface area contributed by atoms with E-state index < -0.39 is 0 Å². The quantitative estimate of drug-likeness (QED) is 0.650. The van der Waals surface area contributed by atoms with Crippen molar-refractivity contribution < 1.29 is 0 Å². The minimum Gasteiger partial charge on any atom is -0.197 e. The third-order valence-corrected chi connectivity index (χ3v) is 3.40. The van der Waals surface area contributed by atoms with E-state index in [0.29, 0.717) is 0 Å². The van der Waals surface area contributed by atoms with Gasteiger partial charge >= 0.3 is 0 Å². The third kappa shape index (κ3) is 2.09. The van der Waals surface area contributed by atoms with Crippen LogP contribution in [0, 0.1) is 11.3 Å². The maximum absolute atomic E-state index is 9.54. The van der Waals surface area contributed by atoms with Gasteiger partial charge in [-0.3, -0.25) is 0 Å². The Bertz CT molecular complexity index is 733. The normalized spacial score (nSPS) is 11.9. The first-order chi connectivity index (χ1) is 9.40. The van der Waals surface area contributed by atoms with Crippen molar-refractivity contribution >= 4 is 10.8 Å². The molecule has 0 radical (unpaired) electrons. The van der Waals surface area contributed by atoms with Crippen LogP contribution in [0.5, 0.6) is 0 Å². The van der Waals surface area contributed by atoms with E-state index in [-0.39, 0.29) is 5.92 Å². The monoisotopic (exact) mass is 243 g/mol. The fourth-order valence-electron chi connectivity index (χ4n) is 2.47. The van der Waals surface area contributed by atoms with Gasteiger partial charge in [0, 0.05) is 0 Å². The molecule has 0 N–H and O–H groups in total. The largest absolute Gasteiger partial charge is 0.197 e. The van der Waals surface area contributed by atoms with Crippen molar-refractivity contribution in [3.63, 3.8) is 0 Å². The molecule has 0 aliphatic heterocycles. The van der Waals surface area contributed by atoms with Crippen LogP contribution in [0.4, 0.5) is 0 Å². The van der Waals surface area contributed by atoms with Crippen LogP contribution in [0.15, 0.2) is 72.8 Å². The van der Waals surface area contributed by atoms with Gasteiger partial charge in [-0.1, -0.05) is 72.8 Å². The van der Waals surface area contributed by atoms with E-state index in [1.54, 1.807) is 0 Å². The first-order valence-corrected chi connectivity index (χ1v) is 6.32. The van der Waals surface area contributed by atoms with Gasteiger partial charge in [0.1, 0.15) is 0 Å². The molecule has 1 nitrogen and oxygen atoms in total. The third-order valence-electron chi connectivity index (χ3n) is 3.40. The Balaban J connectivity index is 2.21. The number of rotatable bonds is 2. The number of nitriles is 1. The summed E-state index contributed by atoms with van der Waals surface area (Å²) in [7, 11) is 0. The lowest BCUT2D eigenvalue weighted by atomic mass is 9.89. The van der Waals surface area contributed by atoms with Gasteiger partial charge in [0.25, 0.3) is 0 Å². The highest BCUT2D eigenvalue weighted by Crippen LogP contribution is 2.30. The summed E-state index contributed by atoms with van der Waals surface area (Å²) in [4.78, 5) is 0. The van der Waals surface area contributed by atoms with E-state index in [0.717, 1.165) is 16.5 Å². The zero-order chi connectivity index (χ0) is 13.1. The molecule has 1 atom stereocenters. The second-order valence-electron chi connectivity index (χ2n) is 4.54. The molecule has 0 aromatic heterocycles. The average molecular weight is 243 g/mol.